The zero-order chi connectivity index (χ0) is 11.4. The minimum absolute atomic E-state index is 0.159. The summed E-state index contributed by atoms with van der Waals surface area (Å²) in [6.07, 6.45) is 0.497. The van der Waals surface area contributed by atoms with Crippen LogP contribution in [0.15, 0.2) is 30.3 Å². The highest BCUT2D eigenvalue weighted by atomic mass is 16.5. The largest absolute Gasteiger partial charge is 0.382 e. The summed E-state index contributed by atoms with van der Waals surface area (Å²) >= 11 is 0. The molecule has 0 amide bonds. The first kappa shape index (κ1) is 11.6. The number of nitrogens with one attached hydrogen (secondary N) is 1. The fourth-order valence-electron chi connectivity index (χ4n) is 2.22. The molecular formula is C13H19NO2. The van der Waals surface area contributed by atoms with Gasteiger partial charge < -0.3 is 15.2 Å². The summed E-state index contributed by atoms with van der Waals surface area (Å²) < 4.78 is 5.68. The van der Waals surface area contributed by atoms with Gasteiger partial charge in [0.05, 0.1) is 6.61 Å². The van der Waals surface area contributed by atoms with Crippen LogP contribution >= 0.6 is 0 Å². The first-order valence-electron chi connectivity index (χ1n) is 5.87. The Morgan fingerprint density at radius 1 is 1.44 bits per heavy atom. The summed E-state index contributed by atoms with van der Waals surface area (Å²) in [4.78, 5) is 0. The molecule has 1 aromatic rings. The van der Waals surface area contributed by atoms with Gasteiger partial charge in [0.25, 0.3) is 0 Å². The van der Waals surface area contributed by atoms with E-state index in [-0.39, 0.29) is 6.10 Å². The summed E-state index contributed by atoms with van der Waals surface area (Å²) in [5.74, 6) is 0. The van der Waals surface area contributed by atoms with Gasteiger partial charge in [-0.15, -0.1) is 0 Å². The first-order chi connectivity index (χ1) is 7.77. The molecule has 0 radical (unpaired) electrons. The van der Waals surface area contributed by atoms with Crippen molar-refractivity contribution in [1.82, 2.24) is 5.32 Å². The van der Waals surface area contributed by atoms with Gasteiger partial charge in [-0.3, -0.25) is 0 Å². The molecule has 3 nitrogen and oxygen atoms in total. The summed E-state index contributed by atoms with van der Waals surface area (Å²) in [7, 11) is 0. The summed E-state index contributed by atoms with van der Waals surface area (Å²) in [6, 6.07) is 9.78. The van der Waals surface area contributed by atoms with Gasteiger partial charge in [0.15, 0.2) is 0 Å². The molecule has 0 saturated carbocycles. The van der Waals surface area contributed by atoms with Crippen LogP contribution in [-0.2, 0) is 10.3 Å². The van der Waals surface area contributed by atoms with Crippen LogP contribution in [0.2, 0.25) is 0 Å². The summed E-state index contributed by atoms with van der Waals surface area (Å²) in [6.45, 7) is 4.23. The molecule has 1 saturated heterocycles. The monoisotopic (exact) mass is 221 g/mol. The standard InChI is InChI=1S/C13H19NO2/c1-2-13(15,11-6-4-3-5-7-11)12-10-14-8-9-16-12/h3-7,12,14-15H,2,8-10H2,1H3. The third kappa shape index (κ3) is 2.12. The maximum absolute atomic E-state index is 10.8. The third-order valence-electron chi connectivity index (χ3n) is 3.27. The number of hydrogen-bond donors (Lipinski definition) is 2. The van der Waals surface area contributed by atoms with Crippen molar-refractivity contribution in [1.29, 1.82) is 0 Å². The molecule has 1 heterocycles. The van der Waals surface area contributed by atoms with Crippen LogP contribution in [0.25, 0.3) is 0 Å². The second-order valence-corrected chi connectivity index (χ2v) is 4.21. The molecule has 0 aliphatic carbocycles. The van der Waals surface area contributed by atoms with Crippen molar-refractivity contribution < 1.29 is 9.84 Å². The quantitative estimate of drug-likeness (QED) is 0.807. The Labute approximate surface area is 96.4 Å². The van der Waals surface area contributed by atoms with Crippen molar-refractivity contribution in [2.24, 2.45) is 0 Å². The fraction of sp³-hybridized carbons (Fsp3) is 0.538. The highest BCUT2D eigenvalue weighted by Crippen LogP contribution is 2.31. The van der Waals surface area contributed by atoms with E-state index in [0.717, 1.165) is 12.1 Å². The number of benzene rings is 1. The average Bonchev–Trinajstić information content (AvgIpc) is 2.40. The van der Waals surface area contributed by atoms with Gasteiger partial charge in [-0.05, 0) is 12.0 Å². The molecule has 88 valence electrons. The van der Waals surface area contributed by atoms with Gasteiger partial charge >= 0.3 is 0 Å². The smallest absolute Gasteiger partial charge is 0.117 e. The average molecular weight is 221 g/mol. The maximum Gasteiger partial charge on any atom is 0.117 e. The molecular weight excluding hydrogens is 202 g/mol. The number of aliphatic hydroxyl groups is 1. The predicted molar refractivity (Wildman–Crippen MR) is 63.2 cm³/mol. The Bertz CT molecular complexity index is 322. The number of hydrogen-bond acceptors (Lipinski definition) is 3. The van der Waals surface area contributed by atoms with Gasteiger partial charge in [0.1, 0.15) is 11.7 Å². The van der Waals surface area contributed by atoms with E-state index in [1.165, 1.54) is 0 Å². The van der Waals surface area contributed by atoms with Gasteiger partial charge in [0, 0.05) is 13.1 Å². The van der Waals surface area contributed by atoms with Crippen molar-refractivity contribution in [2.45, 2.75) is 25.0 Å². The van der Waals surface area contributed by atoms with Crippen LogP contribution in [0, 0.1) is 0 Å². The van der Waals surface area contributed by atoms with Crippen LogP contribution in [0.4, 0.5) is 0 Å². The first-order valence-corrected chi connectivity index (χ1v) is 5.87. The van der Waals surface area contributed by atoms with E-state index >= 15 is 0 Å². The molecule has 1 aliphatic rings. The number of morpholine rings is 1. The zero-order valence-corrected chi connectivity index (χ0v) is 9.65. The van der Waals surface area contributed by atoms with Crippen LogP contribution in [0.3, 0.4) is 0 Å². The van der Waals surface area contributed by atoms with E-state index in [9.17, 15) is 5.11 Å². The summed E-state index contributed by atoms with van der Waals surface area (Å²) in [5.41, 5.74) is 0.0560. The van der Waals surface area contributed by atoms with E-state index in [4.69, 9.17) is 4.74 Å². The van der Waals surface area contributed by atoms with E-state index in [1.54, 1.807) is 0 Å². The number of rotatable bonds is 3. The fourth-order valence-corrected chi connectivity index (χ4v) is 2.22. The van der Waals surface area contributed by atoms with E-state index in [0.29, 0.717) is 19.6 Å². The zero-order valence-electron chi connectivity index (χ0n) is 9.65. The van der Waals surface area contributed by atoms with E-state index < -0.39 is 5.60 Å². The van der Waals surface area contributed by atoms with Crippen molar-refractivity contribution >= 4 is 0 Å². The predicted octanol–water partition coefficient (Wildman–Crippen LogP) is 1.27. The van der Waals surface area contributed by atoms with Gasteiger partial charge in [-0.2, -0.15) is 0 Å². The Morgan fingerprint density at radius 2 is 2.19 bits per heavy atom. The minimum Gasteiger partial charge on any atom is -0.382 e. The topological polar surface area (TPSA) is 41.5 Å². The molecule has 2 N–H and O–H groups in total. The maximum atomic E-state index is 10.8. The molecule has 1 fully saturated rings. The second-order valence-electron chi connectivity index (χ2n) is 4.21. The third-order valence-corrected chi connectivity index (χ3v) is 3.27. The molecule has 2 atom stereocenters. The van der Waals surface area contributed by atoms with E-state index in [2.05, 4.69) is 5.32 Å². The van der Waals surface area contributed by atoms with Crippen molar-refractivity contribution in [3.8, 4) is 0 Å². The lowest BCUT2D eigenvalue weighted by Crippen LogP contribution is -2.51. The highest BCUT2D eigenvalue weighted by Gasteiger charge is 2.38. The molecule has 0 aromatic heterocycles. The Kier molecular flexibility index (Phi) is 3.59. The van der Waals surface area contributed by atoms with Gasteiger partial charge in [0.2, 0.25) is 0 Å². The van der Waals surface area contributed by atoms with Crippen molar-refractivity contribution in [3.05, 3.63) is 35.9 Å². The van der Waals surface area contributed by atoms with Crippen LogP contribution in [-0.4, -0.2) is 30.9 Å². The molecule has 0 bridgehead atoms. The van der Waals surface area contributed by atoms with Crippen LogP contribution in [0.1, 0.15) is 18.9 Å². The Hall–Kier alpha value is -0.900. The lowest BCUT2D eigenvalue weighted by atomic mass is 9.85. The number of ether oxygens (including phenoxy) is 1. The Balaban J connectivity index is 2.24. The SMILES string of the molecule is CCC(O)(c1ccccc1)C1CNCCO1. The molecule has 16 heavy (non-hydrogen) atoms. The molecule has 1 aliphatic heterocycles. The van der Waals surface area contributed by atoms with Gasteiger partial charge in [-0.25, -0.2) is 0 Å². The minimum atomic E-state index is -0.880. The molecule has 0 spiro atoms. The normalized spacial score (nSPS) is 25.0. The summed E-state index contributed by atoms with van der Waals surface area (Å²) in [5, 5.41) is 14.0. The lowest BCUT2D eigenvalue weighted by molar-refractivity contribution is -0.126. The second kappa shape index (κ2) is 4.95. The Morgan fingerprint density at radius 3 is 2.75 bits per heavy atom. The molecule has 2 rings (SSSR count). The van der Waals surface area contributed by atoms with Gasteiger partial charge in [-0.1, -0.05) is 37.3 Å². The van der Waals surface area contributed by atoms with Crippen molar-refractivity contribution in [3.63, 3.8) is 0 Å². The van der Waals surface area contributed by atoms with Crippen LogP contribution < -0.4 is 5.32 Å². The highest BCUT2D eigenvalue weighted by molar-refractivity contribution is 5.24. The molecule has 2 unspecified atom stereocenters. The molecule has 1 aromatic carbocycles. The van der Waals surface area contributed by atoms with Crippen LogP contribution in [0.5, 0.6) is 0 Å². The lowest BCUT2D eigenvalue weighted by Gasteiger charge is -2.38. The molecule has 3 heteroatoms. The van der Waals surface area contributed by atoms with Crippen molar-refractivity contribution in [2.75, 3.05) is 19.7 Å². The van der Waals surface area contributed by atoms with E-state index in [1.807, 2.05) is 37.3 Å².